The van der Waals surface area contributed by atoms with Crippen molar-refractivity contribution in [3.63, 3.8) is 0 Å². The molecule has 0 radical (unpaired) electrons. The molecule has 0 aliphatic heterocycles. The molecule has 1 aromatic carbocycles. The molecule has 4 heteroatoms. The van der Waals surface area contributed by atoms with Gasteiger partial charge in [0.25, 0.3) is 0 Å². The third-order valence-electron chi connectivity index (χ3n) is 5.83. The predicted octanol–water partition coefficient (Wildman–Crippen LogP) is 3.98. The number of hydrogen-bond donors (Lipinski definition) is 2. The first-order valence-electron chi connectivity index (χ1n) is 9.09. The van der Waals surface area contributed by atoms with Crippen molar-refractivity contribution in [1.29, 1.82) is 0 Å². The Morgan fingerprint density at radius 3 is 2.83 bits per heavy atom. The third-order valence-corrected chi connectivity index (χ3v) is 5.83. The van der Waals surface area contributed by atoms with Gasteiger partial charge in [0.05, 0.1) is 17.1 Å². The molecule has 24 heavy (non-hydrogen) atoms. The number of imidazole rings is 1. The van der Waals surface area contributed by atoms with Gasteiger partial charge in [0.15, 0.2) is 0 Å². The van der Waals surface area contributed by atoms with E-state index in [0.717, 1.165) is 36.1 Å². The van der Waals surface area contributed by atoms with E-state index in [1.807, 2.05) is 24.3 Å². The highest BCUT2D eigenvalue weighted by Crippen LogP contribution is 2.43. The number of amides is 1. The molecule has 4 nitrogen and oxygen atoms in total. The van der Waals surface area contributed by atoms with E-state index in [0.29, 0.717) is 17.8 Å². The molecule has 126 valence electrons. The molecule has 0 unspecified atom stereocenters. The predicted molar refractivity (Wildman–Crippen MR) is 95.3 cm³/mol. The number of nitrogens with zero attached hydrogens (tertiary/aromatic N) is 1. The van der Waals surface area contributed by atoms with Gasteiger partial charge in [-0.2, -0.15) is 0 Å². The third kappa shape index (κ3) is 2.64. The number of aromatic amines is 1. The number of para-hydroxylation sites is 2. The van der Waals surface area contributed by atoms with E-state index >= 15 is 0 Å². The summed E-state index contributed by atoms with van der Waals surface area (Å²) in [6.45, 7) is 4.34. The standard InChI is InChI=1S/C20H25N3O/c1-3-12(2)18(19-21-16-6-4-5-7-17(16)22-19)23-20(24)15-11-13-8-9-14(15)10-13/h4-9,12-15,18H,3,10-11H2,1-2H3,(H,21,22)(H,23,24)/t12-,13-,14-,15+,18-/m0/s1. The number of aromatic nitrogens is 2. The Hall–Kier alpha value is -2.10. The van der Waals surface area contributed by atoms with Gasteiger partial charge in [-0.1, -0.05) is 44.6 Å². The molecule has 2 bridgehead atoms. The highest BCUT2D eigenvalue weighted by Gasteiger charge is 2.40. The van der Waals surface area contributed by atoms with E-state index in [4.69, 9.17) is 4.98 Å². The SMILES string of the molecule is CC[C@H](C)[C@H](NC(=O)[C@@H]1C[C@H]2C=C[C@H]1C2)c1nc2ccccc2[nH]1. The van der Waals surface area contributed by atoms with Gasteiger partial charge in [0, 0.05) is 5.92 Å². The number of benzene rings is 1. The average Bonchev–Trinajstić information content (AvgIpc) is 3.32. The summed E-state index contributed by atoms with van der Waals surface area (Å²) < 4.78 is 0. The Kier molecular flexibility index (Phi) is 3.91. The molecule has 5 atom stereocenters. The fraction of sp³-hybridized carbons (Fsp3) is 0.500. The van der Waals surface area contributed by atoms with Crippen LogP contribution in [0.2, 0.25) is 0 Å². The first-order valence-corrected chi connectivity index (χ1v) is 9.09. The summed E-state index contributed by atoms with van der Waals surface area (Å²) in [5.41, 5.74) is 1.98. The number of nitrogens with one attached hydrogen (secondary N) is 2. The molecule has 2 aliphatic rings. The van der Waals surface area contributed by atoms with Crippen LogP contribution in [0.15, 0.2) is 36.4 Å². The molecule has 1 amide bonds. The van der Waals surface area contributed by atoms with Crippen LogP contribution in [0.4, 0.5) is 0 Å². The maximum atomic E-state index is 12.9. The van der Waals surface area contributed by atoms with Crippen LogP contribution in [0.1, 0.15) is 45.0 Å². The van der Waals surface area contributed by atoms with Crippen molar-refractivity contribution in [2.24, 2.45) is 23.7 Å². The molecule has 0 spiro atoms. The lowest BCUT2D eigenvalue weighted by molar-refractivity contribution is -0.127. The fourth-order valence-corrected chi connectivity index (χ4v) is 4.18. The lowest BCUT2D eigenvalue weighted by atomic mass is 9.91. The first kappa shape index (κ1) is 15.4. The monoisotopic (exact) mass is 323 g/mol. The zero-order chi connectivity index (χ0) is 16.7. The minimum atomic E-state index is -0.0574. The van der Waals surface area contributed by atoms with Crippen LogP contribution < -0.4 is 5.32 Å². The van der Waals surface area contributed by atoms with Crippen molar-refractivity contribution >= 4 is 16.9 Å². The molecule has 1 heterocycles. The Morgan fingerprint density at radius 2 is 2.17 bits per heavy atom. The second kappa shape index (κ2) is 6.08. The molecule has 4 rings (SSSR count). The van der Waals surface area contributed by atoms with Gasteiger partial charge in [0.1, 0.15) is 5.82 Å². The fourth-order valence-electron chi connectivity index (χ4n) is 4.18. The summed E-state index contributed by atoms with van der Waals surface area (Å²) in [5, 5.41) is 3.31. The summed E-state index contributed by atoms with van der Waals surface area (Å²) in [6, 6.07) is 7.97. The van der Waals surface area contributed by atoms with E-state index in [1.54, 1.807) is 0 Å². The van der Waals surface area contributed by atoms with Gasteiger partial charge in [-0.3, -0.25) is 4.79 Å². The quantitative estimate of drug-likeness (QED) is 0.818. The van der Waals surface area contributed by atoms with Gasteiger partial charge in [-0.15, -0.1) is 0 Å². The topological polar surface area (TPSA) is 57.8 Å². The molecular formula is C20H25N3O. The normalized spacial score (nSPS) is 27.5. The van der Waals surface area contributed by atoms with Gasteiger partial charge in [-0.25, -0.2) is 4.98 Å². The smallest absolute Gasteiger partial charge is 0.224 e. The summed E-state index contributed by atoms with van der Waals surface area (Å²) >= 11 is 0. The van der Waals surface area contributed by atoms with Crippen molar-refractivity contribution in [3.05, 3.63) is 42.2 Å². The Labute approximate surface area is 142 Å². The maximum absolute atomic E-state index is 12.9. The second-order valence-corrected chi connectivity index (χ2v) is 7.40. The van der Waals surface area contributed by atoms with E-state index in [1.165, 1.54) is 0 Å². The molecule has 0 saturated heterocycles. The van der Waals surface area contributed by atoms with Crippen molar-refractivity contribution in [3.8, 4) is 0 Å². The molecule has 1 aromatic heterocycles. The van der Waals surface area contributed by atoms with Gasteiger partial charge < -0.3 is 10.3 Å². The summed E-state index contributed by atoms with van der Waals surface area (Å²) in [7, 11) is 0. The highest BCUT2D eigenvalue weighted by atomic mass is 16.2. The van der Waals surface area contributed by atoms with E-state index < -0.39 is 0 Å². The average molecular weight is 323 g/mol. The van der Waals surface area contributed by atoms with Crippen molar-refractivity contribution in [2.75, 3.05) is 0 Å². The Morgan fingerprint density at radius 1 is 1.33 bits per heavy atom. The van der Waals surface area contributed by atoms with Gasteiger partial charge in [-0.05, 0) is 42.7 Å². The van der Waals surface area contributed by atoms with Crippen LogP contribution in [-0.4, -0.2) is 15.9 Å². The maximum Gasteiger partial charge on any atom is 0.224 e. The number of carbonyl (C=O) groups is 1. The second-order valence-electron chi connectivity index (χ2n) is 7.40. The largest absolute Gasteiger partial charge is 0.346 e. The number of hydrogen-bond acceptors (Lipinski definition) is 2. The molecule has 2 aromatic rings. The Bertz CT molecular complexity index is 745. The first-order chi connectivity index (χ1) is 11.7. The highest BCUT2D eigenvalue weighted by molar-refractivity contribution is 5.81. The van der Waals surface area contributed by atoms with Gasteiger partial charge in [0.2, 0.25) is 5.91 Å². The van der Waals surface area contributed by atoms with E-state index in [9.17, 15) is 4.79 Å². The van der Waals surface area contributed by atoms with Crippen molar-refractivity contribution in [2.45, 2.75) is 39.2 Å². The molecule has 2 N–H and O–H groups in total. The van der Waals surface area contributed by atoms with E-state index in [-0.39, 0.29) is 17.9 Å². The Balaban J connectivity index is 1.57. The number of fused-ring (bicyclic) bond motifs is 3. The minimum absolute atomic E-state index is 0.0574. The number of H-pyrrole nitrogens is 1. The lowest BCUT2D eigenvalue weighted by Gasteiger charge is -2.26. The molecular weight excluding hydrogens is 298 g/mol. The zero-order valence-corrected chi connectivity index (χ0v) is 14.3. The number of allylic oxidation sites excluding steroid dienone is 2. The van der Waals surface area contributed by atoms with Crippen LogP contribution in [0.25, 0.3) is 11.0 Å². The van der Waals surface area contributed by atoms with Crippen LogP contribution >= 0.6 is 0 Å². The lowest BCUT2D eigenvalue weighted by Crippen LogP contribution is -2.38. The van der Waals surface area contributed by atoms with Crippen molar-refractivity contribution in [1.82, 2.24) is 15.3 Å². The molecule has 1 fully saturated rings. The van der Waals surface area contributed by atoms with Crippen LogP contribution in [0.5, 0.6) is 0 Å². The van der Waals surface area contributed by atoms with Crippen molar-refractivity contribution < 1.29 is 4.79 Å². The number of carbonyl (C=O) groups excluding carboxylic acids is 1. The minimum Gasteiger partial charge on any atom is -0.346 e. The summed E-state index contributed by atoms with van der Waals surface area (Å²) in [6.07, 6.45) is 7.66. The zero-order valence-electron chi connectivity index (χ0n) is 14.3. The molecule has 1 saturated carbocycles. The summed E-state index contributed by atoms with van der Waals surface area (Å²) in [4.78, 5) is 21.0. The van der Waals surface area contributed by atoms with Crippen LogP contribution in [-0.2, 0) is 4.79 Å². The van der Waals surface area contributed by atoms with E-state index in [2.05, 4.69) is 36.3 Å². The van der Waals surface area contributed by atoms with Crippen LogP contribution in [0, 0.1) is 23.7 Å². The summed E-state index contributed by atoms with van der Waals surface area (Å²) in [5.74, 6) is 2.58. The van der Waals surface area contributed by atoms with Gasteiger partial charge >= 0.3 is 0 Å². The number of rotatable bonds is 5. The van der Waals surface area contributed by atoms with Crippen LogP contribution in [0.3, 0.4) is 0 Å². The molecule has 2 aliphatic carbocycles.